The molecule has 1 aliphatic heterocycles. The molecule has 2 rings (SSSR count). The van der Waals surface area contributed by atoms with Gasteiger partial charge in [-0.2, -0.15) is 0 Å². The molecule has 18 heavy (non-hydrogen) atoms. The van der Waals surface area contributed by atoms with Crippen molar-refractivity contribution in [2.45, 2.75) is 19.3 Å². The molecule has 0 spiro atoms. The van der Waals surface area contributed by atoms with E-state index in [2.05, 4.69) is 4.90 Å². The molecule has 0 radical (unpaired) electrons. The van der Waals surface area contributed by atoms with Crippen molar-refractivity contribution in [1.82, 2.24) is 4.90 Å². The Morgan fingerprint density at radius 2 is 1.94 bits per heavy atom. The Hall–Kier alpha value is -0.930. The third kappa shape index (κ3) is 3.53. The van der Waals surface area contributed by atoms with E-state index in [1.165, 1.54) is 6.42 Å². The molecule has 0 atom stereocenters. The number of benzene rings is 1. The summed E-state index contributed by atoms with van der Waals surface area (Å²) in [5, 5.41) is 9.04. The summed E-state index contributed by atoms with van der Waals surface area (Å²) in [4.78, 5) is 2.06. The lowest BCUT2D eigenvalue weighted by Crippen LogP contribution is -2.38. The molecule has 0 bridgehead atoms. The Bertz CT molecular complexity index is 431. The maximum Gasteiger partial charge on any atom is 0.145 e. The van der Waals surface area contributed by atoms with E-state index in [1.54, 1.807) is 18.2 Å². The lowest BCUT2D eigenvalue weighted by atomic mass is 10.1. The summed E-state index contributed by atoms with van der Waals surface area (Å²) in [6, 6.07) is 5.10. The minimum Gasteiger partial charge on any atom is -0.484 e. The van der Waals surface area contributed by atoms with E-state index in [-0.39, 0.29) is 6.61 Å². The first-order valence-electron chi connectivity index (χ1n) is 6.07. The highest BCUT2D eigenvalue weighted by molar-refractivity contribution is 6.35. The van der Waals surface area contributed by atoms with Crippen LogP contribution in [0, 0.1) is 5.41 Å². The van der Waals surface area contributed by atoms with E-state index < -0.39 is 0 Å². The predicted molar refractivity (Wildman–Crippen MR) is 75.1 cm³/mol. The van der Waals surface area contributed by atoms with Gasteiger partial charge in [0.1, 0.15) is 18.2 Å². The van der Waals surface area contributed by atoms with Gasteiger partial charge >= 0.3 is 0 Å². The van der Waals surface area contributed by atoms with Crippen molar-refractivity contribution in [3.63, 3.8) is 0 Å². The number of amidine groups is 1. The quantitative estimate of drug-likeness (QED) is 0.677. The molecule has 1 aromatic rings. The molecule has 0 unspecified atom stereocenters. The third-order valence-corrected chi connectivity index (χ3v) is 3.53. The number of halogens is 2. The SMILES string of the molecule is N=C(COc1ccc(Cl)cc1Cl)N1CCCCC1. The van der Waals surface area contributed by atoms with Gasteiger partial charge in [0.2, 0.25) is 0 Å². The zero-order chi connectivity index (χ0) is 13.0. The number of nitrogens with zero attached hydrogens (tertiary/aromatic N) is 1. The summed E-state index contributed by atoms with van der Waals surface area (Å²) in [7, 11) is 0. The molecular formula is C13H16Cl2N2O. The van der Waals surface area contributed by atoms with Gasteiger partial charge in [-0.05, 0) is 37.5 Å². The van der Waals surface area contributed by atoms with Crippen LogP contribution in [0.1, 0.15) is 19.3 Å². The van der Waals surface area contributed by atoms with E-state index in [4.69, 9.17) is 33.3 Å². The molecule has 0 amide bonds. The topological polar surface area (TPSA) is 36.3 Å². The highest BCUT2D eigenvalue weighted by atomic mass is 35.5. The second-order valence-corrected chi connectivity index (χ2v) is 5.20. The van der Waals surface area contributed by atoms with E-state index in [9.17, 15) is 0 Å². The fourth-order valence-electron chi connectivity index (χ4n) is 1.99. The van der Waals surface area contributed by atoms with Crippen molar-refractivity contribution < 1.29 is 4.74 Å². The van der Waals surface area contributed by atoms with Crippen LogP contribution in [0.2, 0.25) is 10.0 Å². The average Bonchev–Trinajstić information content (AvgIpc) is 2.38. The van der Waals surface area contributed by atoms with Crippen LogP contribution in [-0.4, -0.2) is 30.4 Å². The van der Waals surface area contributed by atoms with Gasteiger partial charge in [0.25, 0.3) is 0 Å². The number of rotatable bonds is 3. The summed E-state index contributed by atoms with van der Waals surface area (Å²) in [6.07, 6.45) is 3.57. The lowest BCUT2D eigenvalue weighted by Gasteiger charge is -2.28. The maximum atomic E-state index is 7.98. The van der Waals surface area contributed by atoms with Crippen LogP contribution in [0.5, 0.6) is 5.75 Å². The van der Waals surface area contributed by atoms with Crippen LogP contribution < -0.4 is 4.74 Å². The molecule has 1 aliphatic rings. The molecule has 1 fully saturated rings. The second-order valence-electron chi connectivity index (χ2n) is 4.36. The zero-order valence-corrected chi connectivity index (χ0v) is 11.6. The molecule has 0 saturated carbocycles. The molecule has 1 heterocycles. The van der Waals surface area contributed by atoms with Crippen molar-refractivity contribution in [3.05, 3.63) is 28.2 Å². The smallest absolute Gasteiger partial charge is 0.145 e. The number of hydrogen-bond acceptors (Lipinski definition) is 2. The van der Waals surface area contributed by atoms with Crippen LogP contribution in [0.4, 0.5) is 0 Å². The van der Waals surface area contributed by atoms with Crippen LogP contribution >= 0.6 is 23.2 Å². The molecular weight excluding hydrogens is 271 g/mol. The monoisotopic (exact) mass is 286 g/mol. The van der Waals surface area contributed by atoms with Gasteiger partial charge in [-0.3, -0.25) is 5.41 Å². The highest BCUT2D eigenvalue weighted by Crippen LogP contribution is 2.27. The van der Waals surface area contributed by atoms with Gasteiger partial charge in [0.05, 0.1) is 5.02 Å². The second kappa shape index (κ2) is 6.30. The lowest BCUT2D eigenvalue weighted by molar-refractivity contribution is 0.300. The van der Waals surface area contributed by atoms with E-state index >= 15 is 0 Å². The largest absolute Gasteiger partial charge is 0.484 e. The van der Waals surface area contributed by atoms with E-state index in [0.29, 0.717) is 21.6 Å². The van der Waals surface area contributed by atoms with Crippen molar-refractivity contribution >= 4 is 29.0 Å². The van der Waals surface area contributed by atoms with Crippen molar-refractivity contribution in [1.29, 1.82) is 5.41 Å². The van der Waals surface area contributed by atoms with Crippen LogP contribution in [0.3, 0.4) is 0 Å². The number of nitrogens with one attached hydrogen (secondary N) is 1. The molecule has 1 saturated heterocycles. The zero-order valence-electron chi connectivity index (χ0n) is 10.1. The van der Waals surface area contributed by atoms with Crippen LogP contribution in [0.15, 0.2) is 18.2 Å². The molecule has 0 aromatic heterocycles. The Balaban J connectivity index is 1.88. The van der Waals surface area contributed by atoms with Gasteiger partial charge in [-0.1, -0.05) is 23.2 Å². The van der Waals surface area contributed by atoms with Crippen LogP contribution in [0.25, 0.3) is 0 Å². The Morgan fingerprint density at radius 3 is 2.61 bits per heavy atom. The fourth-order valence-corrected chi connectivity index (χ4v) is 2.46. The highest BCUT2D eigenvalue weighted by Gasteiger charge is 2.14. The fraction of sp³-hybridized carbons (Fsp3) is 0.462. The van der Waals surface area contributed by atoms with Gasteiger partial charge in [0.15, 0.2) is 0 Å². The number of piperidine rings is 1. The van der Waals surface area contributed by atoms with Gasteiger partial charge in [-0.15, -0.1) is 0 Å². The molecule has 1 aromatic carbocycles. The van der Waals surface area contributed by atoms with Crippen LogP contribution in [-0.2, 0) is 0 Å². The maximum absolute atomic E-state index is 7.98. The van der Waals surface area contributed by atoms with Gasteiger partial charge in [-0.25, -0.2) is 0 Å². The number of hydrogen-bond donors (Lipinski definition) is 1. The van der Waals surface area contributed by atoms with Gasteiger partial charge < -0.3 is 9.64 Å². The predicted octanol–water partition coefficient (Wildman–Crippen LogP) is 3.84. The molecule has 98 valence electrons. The summed E-state index contributed by atoms with van der Waals surface area (Å²) in [6.45, 7) is 2.16. The molecule has 3 nitrogen and oxygen atoms in total. The van der Waals surface area contributed by atoms with E-state index in [0.717, 1.165) is 25.9 Å². The summed E-state index contributed by atoms with van der Waals surface area (Å²) in [5.74, 6) is 1.09. The van der Waals surface area contributed by atoms with Gasteiger partial charge in [0, 0.05) is 18.1 Å². The minimum absolute atomic E-state index is 0.251. The first-order valence-corrected chi connectivity index (χ1v) is 6.82. The Morgan fingerprint density at radius 1 is 1.22 bits per heavy atom. The third-order valence-electron chi connectivity index (χ3n) is 3.00. The average molecular weight is 287 g/mol. The van der Waals surface area contributed by atoms with E-state index in [1.807, 2.05) is 0 Å². The van der Waals surface area contributed by atoms with Crippen molar-refractivity contribution in [2.75, 3.05) is 19.7 Å². The Kier molecular flexibility index (Phi) is 4.72. The number of ether oxygens (including phenoxy) is 1. The standard InChI is InChI=1S/C13H16Cl2N2O/c14-10-4-5-12(11(15)8-10)18-9-13(16)17-6-2-1-3-7-17/h4-5,8,16H,1-3,6-7,9H2. The number of likely N-dealkylation sites (tertiary alicyclic amines) is 1. The first kappa shape index (κ1) is 13.5. The first-order chi connectivity index (χ1) is 8.66. The Labute approximate surface area is 117 Å². The summed E-state index contributed by atoms with van der Waals surface area (Å²) in [5.41, 5.74) is 0. The normalized spacial score (nSPS) is 15.6. The molecule has 5 heteroatoms. The van der Waals surface area contributed by atoms with Crippen molar-refractivity contribution in [3.8, 4) is 5.75 Å². The summed E-state index contributed by atoms with van der Waals surface area (Å²) >= 11 is 11.8. The minimum atomic E-state index is 0.251. The molecule has 1 N–H and O–H groups in total. The molecule has 0 aliphatic carbocycles. The van der Waals surface area contributed by atoms with Crippen molar-refractivity contribution in [2.24, 2.45) is 0 Å². The summed E-state index contributed by atoms with van der Waals surface area (Å²) < 4.78 is 5.55.